The van der Waals surface area contributed by atoms with Gasteiger partial charge in [-0.2, -0.15) is 0 Å². The summed E-state index contributed by atoms with van der Waals surface area (Å²) in [5.74, 6) is -0.183. The standard InChI is InChI=1S/C16H17F3N4O2/c1-22-10-14(20-21-22)15(24)23-8-6-12(7-9-23)11-2-4-13(5-3-11)25-16(17,18)19/h2-5,10,12H,6-9H2,1H3. The molecule has 6 nitrogen and oxygen atoms in total. The van der Waals surface area contributed by atoms with Gasteiger partial charge in [0.15, 0.2) is 5.69 Å². The first kappa shape index (κ1) is 17.2. The molecule has 1 aliphatic heterocycles. The molecule has 0 spiro atoms. The van der Waals surface area contributed by atoms with Gasteiger partial charge in [0.2, 0.25) is 0 Å². The van der Waals surface area contributed by atoms with Crippen molar-refractivity contribution in [2.24, 2.45) is 7.05 Å². The Balaban J connectivity index is 1.58. The number of halogens is 3. The SMILES string of the molecule is Cn1cc(C(=O)N2CCC(c3ccc(OC(F)(F)F)cc3)CC2)nn1. The lowest BCUT2D eigenvalue weighted by atomic mass is 9.89. The van der Waals surface area contributed by atoms with Crippen molar-refractivity contribution in [1.29, 1.82) is 0 Å². The van der Waals surface area contributed by atoms with E-state index in [2.05, 4.69) is 15.0 Å². The van der Waals surface area contributed by atoms with E-state index in [0.29, 0.717) is 18.8 Å². The first-order valence-corrected chi connectivity index (χ1v) is 7.83. The number of ether oxygens (including phenoxy) is 1. The van der Waals surface area contributed by atoms with Gasteiger partial charge in [0, 0.05) is 20.1 Å². The molecule has 0 unspecified atom stereocenters. The summed E-state index contributed by atoms with van der Waals surface area (Å²) >= 11 is 0. The number of aromatic nitrogens is 3. The first-order chi connectivity index (χ1) is 11.8. The van der Waals surface area contributed by atoms with Crippen LogP contribution < -0.4 is 4.74 Å². The number of piperidine rings is 1. The Labute approximate surface area is 142 Å². The quantitative estimate of drug-likeness (QED) is 0.850. The summed E-state index contributed by atoms with van der Waals surface area (Å²) in [6.07, 6.45) is -1.63. The zero-order chi connectivity index (χ0) is 18.0. The second-order valence-electron chi connectivity index (χ2n) is 5.96. The highest BCUT2D eigenvalue weighted by molar-refractivity contribution is 5.92. The van der Waals surface area contributed by atoms with Crippen molar-refractivity contribution in [2.75, 3.05) is 13.1 Å². The van der Waals surface area contributed by atoms with Gasteiger partial charge in [0.1, 0.15) is 5.75 Å². The van der Waals surface area contributed by atoms with Crippen LogP contribution in [0.1, 0.15) is 34.8 Å². The Kier molecular flexibility index (Phi) is 4.65. The van der Waals surface area contributed by atoms with Crippen molar-refractivity contribution in [3.8, 4) is 5.75 Å². The van der Waals surface area contributed by atoms with Crippen LogP contribution in [0.15, 0.2) is 30.5 Å². The Hall–Kier alpha value is -2.58. The van der Waals surface area contributed by atoms with Crippen molar-refractivity contribution in [3.63, 3.8) is 0 Å². The molecule has 3 rings (SSSR count). The summed E-state index contributed by atoms with van der Waals surface area (Å²) in [6.45, 7) is 1.14. The van der Waals surface area contributed by atoms with Crippen LogP contribution in [0.3, 0.4) is 0 Å². The summed E-state index contributed by atoms with van der Waals surface area (Å²) in [5.41, 5.74) is 1.26. The molecule has 25 heavy (non-hydrogen) atoms. The van der Waals surface area contributed by atoms with Crippen molar-refractivity contribution in [2.45, 2.75) is 25.1 Å². The van der Waals surface area contributed by atoms with Crippen molar-refractivity contribution in [1.82, 2.24) is 19.9 Å². The number of hydrogen-bond acceptors (Lipinski definition) is 4. The highest BCUT2D eigenvalue weighted by Gasteiger charge is 2.31. The average molecular weight is 354 g/mol. The second-order valence-corrected chi connectivity index (χ2v) is 5.96. The fourth-order valence-corrected chi connectivity index (χ4v) is 2.96. The van der Waals surface area contributed by atoms with Crippen LogP contribution >= 0.6 is 0 Å². The van der Waals surface area contributed by atoms with E-state index in [1.165, 1.54) is 16.8 Å². The van der Waals surface area contributed by atoms with Gasteiger partial charge in [-0.25, -0.2) is 0 Å². The molecule has 0 saturated carbocycles. The minimum Gasteiger partial charge on any atom is -0.406 e. The highest BCUT2D eigenvalue weighted by Crippen LogP contribution is 2.31. The molecule has 0 N–H and O–H groups in total. The Bertz CT molecular complexity index is 735. The van der Waals surface area contributed by atoms with Gasteiger partial charge in [-0.1, -0.05) is 17.3 Å². The molecule has 1 aromatic carbocycles. The second kappa shape index (κ2) is 6.73. The van der Waals surface area contributed by atoms with Gasteiger partial charge in [0.05, 0.1) is 6.20 Å². The van der Waals surface area contributed by atoms with Crippen LogP contribution in [-0.2, 0) is 7.05 Å². The van der Waals surface area contributed by atoms with Gasteiger partial charge in [-0.3, -0.25) is 9.48 Å². The molecule has 134 valence electrons. The van der Waals surface area contributed by atoms with E-state index in [0.717, 1.165) is 18.4 Å². The van der Waals surface area contributed by atoms with E-state index < -0.39 is 6.36 Å². The van der Waals surface area contributed by atoms with Crippen molar-refractivity contribution >= 4 is 5.91 Å². The van der Waals surface area contributed by atoms with E-state index in [1.807, 2.05) is 0 Å². The molecule has 9 heteroatoms. The Morgan fingerprint density at radius 2 is 1.84 bits per heavy atom. The van der Waals surface area contributed by atoms with E-state index in [1.54, 1.807) is 30.3 Å². The maximum Gasteiger partial charge on any atom is 0.573 e. The maximum atomic E-state index is 12.3. The van der Waals surface area contributed by atoms with Crippen molar-refractivity contribution < 1.29 is 22.7 Å². The van der Waals surface area contributed by atoms with Crippen molar-refractivity contribution in [3.05, 3.63) is 41.7 Å². The van der Waals surface area contributed by atoms with Crippen LogP contribution in [0, 0.1) is 0 Å². The summed E-state index contributed by atoms with van der Waals surface area (Å²) in [4.78, 5) is 14.0. The number of hydrogen-bond donors (Lipinski definition) is 0. The van der Waals surface area contributed by atoms with Crippen LogP contribution in [0.25, 0.3) is 0 Å². The molecule has 0 atom stereocenters. The predicted molar refractivity (Wildman–Crippen MR) is 82.0 cm³/mol. The largest absolute Gasteiger partial charge is 0.573 e. The lowest BCUT2D eigenvalue weighted by Crippen LogP contribution is -2.38. The monoisotopic (exact) mass is 354 g/mol. The Morgan fingerprint density at radius 3 is 2.36 bits per heavy atom. The molecule has 1 fully saturated rings. The minimum absolute atomic E-state index is 0.152. The number of rotatable bonds is 3. The summed E-state index contributed by atoms with van der Waals surface area (Å²) in [7, 11) is 1.70. The number of aryl methyl sites for hydroxylation is 1. The van der Waals surface area contributed by atoms with E-state index in [4.69, 9.17) is 0 Å². The van der Waals surface area contributed by atoms with E-state index >= 15 is 0 Å². The van der Waals surface area contributed by atoms with E-state index in [-0.39, 0.29) is 17.6 Å². The topological polar surface area (TPSA) is 60.2 Å². The molecule has 1 aliphatic rings. The summed E-state index contributed by atoms with van der Waals surface area (Å²) in [6, 6.07) is 5.93. The smallest absolute Gasteiger partial charge is 0.406 e. The molecule has 2 heterocycles. The first-order valence-electron chi connectivity index (χ1n) is 7.83. The molecule has 1 amide bonds. The molecule has 0 radical (unpaired) electrons. The molecule has 2 aromatic rings. The summed E-state index contributed by atoms with van der Waals surface area (Å²) in [5, 5.41) is 7.58. The maximum absolute atomic E-state index is 12.3. The number of benzene rings is 1. The van der Waals surface area contributed by atoms with E-state index in [9.17, 15) is 18.0 Å². The molecular weight excluding hydrogens is 337 g/mol. The number of carbonyl (C=O) groups is 1. The zero-order valence-electron chi connectivity index (χ0n) is 13.5. The Morgan fingerprint density at radius 1 is 1.20 bits per heavy atom. The fourth-order valence-electron chi connectivity index (χ4n) is 2.96. The average Bonchev–Trinajstić information content (AvgIpc) is 3.00. The van der Waals surface area contributed by atoms with Crippen LogP contribution in [-0.4, -0.2) is 45.3 Å². The number of nitrogens with zero attached hydrogens (tertiary/aromatic N) is 4. The number of amides is 1. The molecular formula is C16H17F3N4O2. The third-order valence-corrected chi connectivity index (χ3v) is 4.19. The molecule has 0 aliphatic carbocycles. The lowest BCUT2D eigenvalue weighted by molar-refractivity contribution is -0.274. The fraction of sp³-hybridized carbons (Fsp3) is 0.438. The number of likely N-dealkylation sites (tertiary alicyclic amines) is 1. The minimum atomic E-state index is -4.69. The van der Waals surface area contributed by atoms with Gasteiger partial charge in [-0.05, 0) is 36.5 Å². The highest BCUT2D eigenvalue weighted by atomic mass is 19.4. The third kappa shape index (κ3) is 4.28. The predicted octanol–water partition coefficient (Wildman–Crippen LogP) is 2.73. The van der Waals surface area contributed by atoms with Crippen LogP contribution in [0.4, 0.5) is 13.2 Å². The number of carbonyl (C=O) groups excluding carboxylic acids is 1. The normalized spacial score (nSPS) is 16.1. The van der Waals surface area contributed by atoms with Gasteiger partial charge >= 0.3 is 6.36 Å². The van der Waals surface area contributed by atoms with Crippen LogP contribution in [0.5, 0.6) is 5.75 Å². The number of alkyl halides is 3. The van der Waals surface area contributed by atoms with Gasteiger partial charge < -0.3 is 9.64 Å². The van der Waals surface area contributed by atoms with Gasteiger partial charge in [0.25, 0.3) is 5.91 Å². The lowest BCUT2D eigenvalue weighted by Gasteiger charge is -2.31. The third-order valence-electron chi connectivity index (χ3n) is 4.19. The summed E-state index contributed by atoms with van der Waals surface area (Å²) < 4.78 is 41.9. The molecule has 1 aromatic heterocycles. The van der Waals surface area contributed by atoms with Crippen LogP contribution in [0.2, 0.25) is 0 Å². The molecule has 1 saturated heterocycles. The zero-order valence-corrected chi connectivity index (χ0v) is 13.5. The van der Waals surface area contributed by atoms with Gasteiger partial charge in [-0.15, -0.1) is 18.3 Å². The molecule has 0 bridgehead atoms.